The number of hydrogen-bond donors (Lipinski definition) is 2. The average molecular weight is 307 g/mol. The van der Waals surface area contributed by atoms with Crippen molar-refractivity contribution in [2.45, 2.75) is 26.3 Å². The summed E-state index contributed by atoms with van der Waals surface area (Å²) < 4.78 is 0. The van der Waals surface area contributed by atoms with E-state index in [1.165, 1.54) is 5.56 Å². The highest BCUT2D eigenvalue weighted by Gasteiger charge is 2.22. The zero-order chi connectivity index (χ0) is 12.3. The van der Waals surface area contributed by atoms with Crippen LogP contribution < -0.4 is 5.32 Å². The van der Waals surface area contributed by atoms with Crippen molar-refractivity contribution in [2.75, 3.05) is 26.2 Å². The molecule has 1 heterocycles. The van der Waals surface area contributed by atoms with Crippen LogP contribution in [0.5, 0.6) is 5.75 Å². The lowest BCUT2D eigenvalue weighted by Crippen LogP contribution is -2.45. The van der Waals surface area contributed by atoms with Crippen molar-refractivity contribution in [3.63, 3.8) is 0 Å². The lowest BCUT2D eigenvalue weighted by Gasteiger charge is -2.35. The van der Waals surface area contributed by atoms with Crippen LogP contribution in [0.1, 0.15) is 30.5 Å². The lowest BCUT2D eigenvalue weighted by molar-refractivity contribution is 0.167. The Bertz CT molecular complexity index is 382. The molecule has 1 aliphatic heterocycles. The molecule has 5 heteroatoms. The topological polar surface area (TPSA) is 35.5 Å². The van der Waals surface area contributed by atoms with Gasteiger partial charge in [0.15, 0.2) is 0 Å². The summed E-state index contributed by atoms with van der Waals surface area (Å²) in [6.07, 6.45) is 1.04. The van der Waals surface area contributed by atoms with E-state index in [0.717, 1.165) is 38.2 Å². The van der Waals surface area contributed by atoms with Crippen LogP contribution in [0.15, 0.2) is 18.2 Å². The summed E-state index contributed by atoms with van der Waals surface area (Å²) in [5.74, 6) is 0.431. The largest absolute Gasteiger partial charge is 0.508 e. The van der Waals surface area contributed by atoms with Crippen molar-refractivity contribution in [3.05, 3.63) is 29.3 Å². The first-order chi connectivity index (χ1) is 8.22. The highest BCUT2D eigenvalue weighted by Crippen LogP contribution is 2.31. The van der Waals surface area contributed by atoms with Crippen LogP contribution in [-0.4, -0.2) is 36.2 Å². The molecule has 19 heavy (non-hydrogen) atoms. The molecule has 0 saturated carbocycles. The summed E-state index contributed by atoms with van der Waals surface area (Å²) in [5.41, 5.74) is 2.29. The standard InChI is InChI=1S/C14H22N2O.2ClH/c1-3-13(16-8-6-15-7-9-16)12-10-11(2)4-5-14(12)17;;/h4-5,10,13,15,17H,3,6-9H2,1-2H3;2*1H/t13-;;/m1../s1. The van der Waals surface area contributed by atoms with Crippen molar-refractivity contribution < 1.29 is 5.11 Å². The number of aryl methyl sites for hydroxylation is 1. The zero-order valence-electron chi connectivity index (χ0n) is 11.6. The minimum Gasteiger partial charge on any atom is -0.508 e. The third-order valence-electron chi connectivity index (χ3n) is 3.52. The number of benzene rings is 1. The number of rotatable bonds is 3. The average Bonchev–Trinajstić information content (AvgIpc) is 2.36. The van der Waals surface area contributed by atoms with Gasteiger partial charge in [0.25, 0.3) is 0 Å². The SMILES string of the molecule is CC[C@H](c1cc(C)ccc1O)N1CCNCC1.Cl.Cl. The number of hydrogen-bond acceptors (Lipinski definition) is 3. The molecule has 0 spiro atoms. The van der Waals surface area contributed by atoms with Gasteiger partial charge in [0, 0.05) is 37.8 Å². The Kier molecular flexibility index (Phi) is 8.42. The fourth-order valence-corrected chi connectivity index (χ4v) is 2.61. The first-order valence-corrected chi connectivity index (χ1v) is 6.46. The van der Waals surface area contributed by atoms with E-state index in [4.69, 9.17) is 0 Å². The molecule has 1 atom stereocenters. The van der Waals surface area contributed by atoms with Gasteiger partial charge in [-0.2, -0.15) is 0 Å². The van der Waals surface area contributed by atoms with Crippen LogP contribution in [0.2, 0.25) is 0 Å². The molecule has 2 rings (SSSR count). The molecule has 1 fully saturated rings. The summed E-state index contributed by atoms with van der Waals surface area (Å²) in [6.45, 7) is 8.48. The fraction of sp³-hybridized carbons (Fsp3) is 0.571. The van der Waals surface area contributed by atoms with E-state index >= 15 is 0 Å². The summed E-state index contributed by atoms with van der Waals surface area (Å²) >= 11 is 0. The highest BCUT2D eigenvalue weighted by atomic mass is 35.5. The van der Waals surface area contributed by atoms with Gasteiger partial charge in [-0.3, -0.25) is 4.90 Å². The number of halogens is 2. The monoisotopic (exact) mass is 306 g/mol. The van der Waals surface area contributed by atoms with Gasteiger partial charge in [0.1, 0.15) is 5.75 Å². The minimum absolute atomic E-state index is 0. The Morgan fingerprint density at radius 2 is 1.89 bits per heavy atom. The molecule has 0 aliphatic carbocycles. The molecule has 3 nitrogen and oxygen atoms in total. The molecule has 1 aliphatic rings. The van der Waals surface area contributed by atoms with E-state index in [2.05, 4.69) is 30.1 Å². The molecule has 0 unspecified atom stereocenters. The Labute approximate surface area is 128 Å². The van der Waals surface area contributed by atoms with Gasteiger partial charge in [-0.05, 0) is 19.4 Å². The Balaban J connectivity index is 0.00000162. The molecule has 0 bridgehead atoms. The zero-order valence-corrected chi connectivity index (χ0v) is 13.2. The highest BCUT2D eigenvalue weighted by molar-refractivity contribution is 5.85. The summed E-state index contributed by atoms with van der Waals surface area (Å²) in [7, 11) is 0. The van der Waals surface area contributed by atoms with Crippen molar-refractivity contribution in [1.29, 1.82) is 0 Å². The molecule has 1 aromatic rings. The Morgan fingerprint density at radius 3 is 2.47 bits per heavy atom. The quantitative estimate of drug-likeness (QED) is 0.901. The number of nitrogens with zero attached hydrogens (tertiary/aromatic N) is 1. The molecule has 110 valence electrons. The van der Waals surface area contributed by atoms with Crippen LogP contribution in [0.3, 0.4) is 0 Å². The van der Waals surface area contributed by atoms with Crippen LogP contribution in [0, 0.1) is 6.92 Å². The van der Waals surface area contributed by atoms with Gasteiger partial charge < -0.3 is 10.4 Å². The lowest BCUT2D eigenvalue weighted by atomic mass is 9.99. The maximum Gasteiger partial charge on any atom is 0.120 e. The van der Waals surface area contributed by atoms with Crippen molar-refractivity contribution in [2.24, 2.45) is 0 Å². The maximum absolute atomic E-state index is 10.0. The first kappa shape index (κ1) is 18.5. The second-order valence-corrected chi connectivity index (χ2v) is 4.77. The summed E-state index contributed by atoms with van der Waals surface area (Å²) in [4.78, 5) is 2.46. The van der Waals surface area contributed by atoms with E-state index in [0.29, 0.717) is 11.8 Å². The molecule has 2 N–H and O–H groups in total. The molecule has 0 aromatic heterocycles. The Morgan fingerprint density at radius 1 is 1.26 bits per heavy atom. The summed E-state index contributed by atoms with van der Waals surface area (Å²) in [5, 5.41) is 13.4. The van der Waals surface area contributed by atoms with Gasteiger partial charge in [-0.1, -0.05) is 24.6 Å². The molecule has 0 radical (unpaired) electrons. The maximum atomic E-state index is 10.0. The first-order valence-electron chi connectivity index (χ1n) is 6.46. The number of nitrogens with one attached hydrogen (secondary N) is 1. The van der Waals surface area contributed by atoms with E-state index in [-0.39, 0.29) is 24.8 Å². The van der Waals surface area contributed by atoms with E-state index in [1.54, 1.807) is 0 Å². The number of aromatic hydroxyl groups is 1. The van der Waals surface area contributed by atoms with Gasteiger partial charge in [0.05, 0.1) is 0 Å². The van der Waals surface area contributed by atoms with Gasteiger partial charge in [-0.25, -0.2) is 0 Å². The van der Waals surface area contributed by atoms with Crippen LogP contribution in [-0.2, 0) is 0 Å². The van der Waals surface area contributed by atoms with E-state index < -0.39 is 0 Å². The van der Waals surface area contributed by atoms with Gasteiger partial charge in [0.2, 0.25) is 0 Å². The third kappa shape index (κ3) is 4.53. The molecular weight excluding hydrogens is 283 g/mol. The molecule has 1 saturated heterocycles. The second kappa shape index (κ2) is 8.64. The predicted octanol–water partition coefficient (Wildman–Crippen LogP) is 2.90. The van der Waals surface area contributed by atoms with Gasteiger partial charge >= 0.3 is 0 Å². The van der Waals surface area contributed by atoms with Crippen molar-refractivity contribution >= 4 is 24.8 Å². The Hall–Kier alpha value is -0.480. The van der Waals surface area contributed by atoms with E-state index in [1.807, 2.05) is 12.1 Å². The predicted molar refractivity (Wildman–Crippen MR) is 84.8 cm³/mol. The number of piperazine rings is 1. The smallest absolute Gasteiger partial charge is 0.120 e. The minimum atomic E-state index is 0. The van der Waals surface area contributed by atoms with Gasteiger partial charge in [-0.15, -0.1) is 24.8 Å². The van der Waals surface area contributed by atoms with Crippen LogP contribution in [0.25, 0.3) is 0 Å². The summed E-state index contributed by atoms with van der Waals surface area (Å²) in [6, 6.07) is 6.24. The van der Waals surface area contributed by atoms with Crippen LogP contribution in [0.4, 0.5) is 0 Å². The van der Waals surface area contributed by atoms with Crippen molar-refractivity contribution in [1.82, 2.24) is 10.2 Å². The second-order valence-electron chi connectivity index (χ2n) is 4.77. The number of phenols is 1. The van der Waals surface area contributed by atoms with Crippen molar-refractivity contribution in [3.8, 4) is 5.75 Å². The number of phenolic OH excluding ortho intramolecular Hbond substituents is 1. The van der Waals surface area contributed by atoms with Crippen LogP contribution >= 0.6 is 24.8 Å². The normalized spacial score (nSPS) is 17.2. The molecular formula is C14H24Cl2N2O. The third-order valence-corrected chi connectivity index (χ3v) is 3.52. The fourth-order valence-electron chi connectivity index (χ4n) is 2.61. The van der Waals surface area contributed by atoms with E-state index in [9.17, 15) is 5.11 Å². The molecule has 1 aromatic carbocycles. The molecule has 0 amide bonds.